The number of hydrogen-bond acceptors (Lipinski definition) is 10. The van der Waals surface area contributed by atoms with Crippen molar-refractivity contribution in [2.24, 2.45) is 11.8 Å². The van der Waals surface area contributed by atoms with Crippen molar-refractivity contribution in [2.45, 2.75) is 114 Å². The van der Waals surface area contributed by atoms with Crippen molar-refractivity contribution < 1.29 is 37.1 Å². The number of allylic oxidation sites excluding steroid dienone is 1. The molecule has 2 aliphatic carbocycles. The summed E-state index contributed by atoms with van der Waals surface area (Å²) in [7, 11) is -2.33. The van der Waals surface area contributed by atoms with Crippen LogP contribution in [0.2, 0.25) is 0 Å². The second-order valence-electron chi connectivity index (χ2n) is 17.3. The van der Waals surface area contributed by atoms with E-state index in [1.165, 1.54) is 15.8 Å². The molecule has 1 aromatic heterocycles. The SMILES string of the molecule is C=C[C@@H]1C[C@]1(NC(=O)[C@@H]1C[C@@H]2CN1C(=O)[C@H](C(C)C)NC(=O)OC(C)(C)CCCC/C=C/c1cccc(c1)-c1nn2nc1-c1ccc(OC)cc1)C(=O)NS(=O)(=O)C1CC1. The number of sulfonamides is 1. The molecule has 3 N–H and O–H groups in total. The third-order valence-electron chi connectivity index (χ3n) is 11.9. The standard InChI is InChI=1S/C44H55N7O8S/c1-7-31-25-44(31,41(54)49-60(56,57)34-20-21-34)46-39(52)35-24-32-26-50(35)40(53)36(27(2)3)45-42(55)59-43(4,5)22-11-9-8-10-13-28-14-12-15-30(23-28)38-37(47-51(32)48-38)29-16-18-33(58-6)19-17-29/h7,10,12-19,23,27,31-32,34-36H,1,8-9,11,20-22,24-26H2,2-6H3,(H,45,55)(H,46,52)(H,49,54)/b13-10+/t31-,32-,35+,36+,44-/m1/s1. The predicted molar refractivity (Wildman–Crippen MR) is 226 cm³/mol. The molecule has 60 heavy (non-hydrogen) atoms. The number of alkyl carbamates (subject to hydrolysis) is 1. The van der Waals surface area contributed by atoms with Gasteiger partial charge in [0.05, 0.1) is 18.4 Å². The van der Waals surface area contributed by atoms with E-state index in [4.69, 9.17) is 19.7 Å². The summed E-state index contributed by atoms with van der Waals surface area (Å²) in [6, 6.07) is 12.6. The Morgan fingerprint density at radius 3 is 2.42 bits per heavy atom. The van der Waals surface area contributed by atoms with Gasteiger partial charge in [0.15, 0.2) is 0 Å². The van der Waals surface area contributed by atoms with Gasteiger partial charge in [-0.25, -0.2) is 13.2 Å². The minimum atomic E-state index is -3.92. The third kappa shape index (κ3) is 9.13. The summed E-state index contributed by atoms with van der Waals surface area (Å²) in [5.41, 5.74) is 1.36. The molecule has 15 nitrogen and oxygen atoms in total. The van der Waals surface area contributed by atoms with Crippen molar-refractivity contribution >= 4 is 39.9 Å². The van der Waals surface area contributed by atoms with Crippen LogP contribution in [-0.2, 0) is 29.1 Å². The zero-order valence-corrected chi connectivity index (χ0v) is 35.7. The van der Waals surface area contributed by atoms with Gasteiger partial charge in [0.1, 0.15) is 40.4 Å². The van der Waals surface area contributed by atoms with Crippen LogP contribution >= 0.6 is 0 Å². The molecular weight excluding hydrogens is 787 g/mol. The van der Waals surface area contributed by atoms with E-state index in [9.17, 15) is 27.6 Å². The fourth-order valence-electron chi connectivity index (χ4n) is 8.09. The number of fused-ring (bicyclic) bond motifs is 8. The highest BCUT2D eigenvalue weighted by molar-refractivity contribution is 7.91. The van der Waals surface area contributed by atoms with Gasteiger partial charge in [0.2, 0.25) is 21.8 Å². The number of methoxy groups -OCH3 is 1. The number of carbonyl (C=O) groups excluding carboxylic acids is 4. The molecule has 3 aromatic rings. The normalized spacial score (nSPS) is 26.2. The van der Waals surface area contributed by atoms with Gasteiger partial charge in [-0.1, -0.05) is 50.3 Å². The minimum absolute atomic E-state index is 0.0124. The number of carbonyl (C=O) groups is 4. The van der Waals surface area contributed by atoms with E-state index < -0.39 is 80.2 Å². The van der Waals surface area contributed by atoms with Crippen LogP contribution in [0.25, 0.3) is 28.6 Å². The molecule has 320 valence electrons. The first-order valence-corrected chi connectivity index (χ1v) is 22.3. The Morgan fingerprint density at radius 1 is 1.05 bits per heavy atom. The van der Waals surface area contributed by atoms with Gasteiger partial charge in [0.25, 0.3) is 5.91 Å². The molecule has 0 radical (unpaired) electrons. The summed E-state index contributed by atoms with van der Waals surface area (Å²) < 4.78 is 39.1. The number of nitrogens with one attached hydrogen (secondary N) is 3. The average Bonchev–Trinajstić information content (AvgIpc) is 4.10. The van der Waals surface area contributed by atoms with E-state index in [2.05, 4.69) is 34.1 Å². The van der Waals surface area contributed by atoms with Crippen LogP contribution < -0.4 is 20.1 Å². The number of nitrogens with zero attached hydrogens (tertiary/aromatic N) is 4. The highest BCUT2D eigenvalue weighted by Gasteiger charge is 2.62. The van der Waals surface area contributed by atoms with Gasteiger partial charge in [-0.05, 0) is 101 Å². The lowest BCUT2D eigenvalue weighted by Gasteiger charge is -2.32. The summed E-state index contributed by atoms with van der Waals surface area (Å²) in [5.74, 6) is -2.30. The number of ether oxygens (including phenoxy) is 2. The van der Waals surface area contributed by atoms with Crippen molar-refractivity contribution in [1.82, 2.24) is 35.2 Å². The molecule has 2 aromatic carbocycles. The van der Waals surface area contributed by atoms with Crippen LogP contribution in [-0.4, -0.2) is 94.3 Å². The number of rotatable bonds is 9. The Balaban J connectivity index is 1.28. The first-order valence-electron chi connectivity index (χ1n) is 20.7. The fraction of sp³-hybridized carbons (Fsp3) is 0.500. The molecule has 3 heterocycles. The highest BCUT2D eigenvalue weighted by Crippen LogP contribution is 2.46. The zero-order chi connectivity index (χ0) is 43.0. The first kappa shape index (κ1) is 42.6. The van der Waals surface area contributed by atoms with Crippen molar-refractivity contribution in [3.8, 4) is 28.3 Å². The molecule has 2 aliphatic heterocycles. The van der Waals surface area contributed by atoms with E-state index in [1.54, 1.807) is 21.0 Å². The second kappa shape index (κ2) is 16.9. The molecule has 5 atom stereocenters. The van der Waals surface area contributed by atoms with Crippen LogP contribution in [0.3, 0.4) is 0 Å². The van der Waals surface area contributed by atoms with Crippen LogP contribution in [0.1, 0.15) is 90.7 Å². The van der Waals surface area contributed by atoms with Crippen LogP contribution in [0.5, 0.6) is 5.75 Å². The molecule has 0 unspecified atom stereocenters. The highest BCUT2D eigenvalue weighted by atomic mass is 32.2. The molecule has 4 amide bonds. The lowest BCUT2D eigenvalue weighted by Crippen LogP contribution is -2.59. The lowest BCUT2D eigenvalue weighted by molar-refractivity contribution is -0.141. The average molecular weight is 842 g/mol. The van der Waals surface area contributed by atoms with E-state index in [0.717, 1.165) is 36.0 Å². The van der Waals surface area contributed by atoms with Crippen molar-refractivity contribution in [1.29, 1.82) is 0 Å². The maximum Gasteiger partial charge on any atom is 0.408 e. The van der Waals surface area contributed by atoms with Crippen LogP contribution in [0.15, 0.2) is 67.3 Å². The maximum absolute atomic E-state index is 14.7. The summed E-state index contributed by atoms with van der Waals surface area (Å²) in [6.45, 7) is 11.1. The van der Waals surface area contributed by atoms with Gasteiger partial charge < -0.3 is 25.0 Å². The number of benzene rings is 2. The smallest absolute Gasteiger partial charge is 0.408 e. The largest absolute Gasteiger partial charge is 0.497 e. The summed E-state index contributed by atoms with van der Waals surface area (Å²) in [5, 5.41) is 15.0. The number of aromatic nitrogens is 3. The summed E-state index contributed by atoms with van der Waals surface area (Å²) in [4.78, 5) is 59.4. The Hall–Kier alpha value is -5.51. The van der Waals surface area contributed by atoms with Crippen molar-refractivity contribution in [2.75, 3.05) is 13.7 Å². The third-order valence-corrected chi connectivity index (χ3v) is 13.7. The molecule has 4 aliphatic rings. The molecule has 6 bridgehead atoms. The van der Waals surface area contributed by atoms with Crippen LogP contribution in [0, 0.1) is 11.8 Å². The molecule has 3 fully saturated rings. The molecule has 7 rings (SSSR count). The monoisotopic (exact) mass is 841 g/mol. The van der Waals surface area contributed by atoms with Gasteiger partial charge in [-0.3, -0.25) is 19.1 Å². The maximum atomic E-state index is 14.7. The van der Waals surface area contributed by atoms with E-state index >= 15 is 0 Å². The number of hydrogen-bond donors (Lipinski definition) is 3. The minimum Gasteiger partial charge on any atom is -0.497 e. The quantitative estimate of drug-likeness (QED) is 0.231. The molecule has 2 saturated carbocycles. The van der Waals surface area contributed by atoms with Crippen molar-refractivity contribution in [3.63, 3.8) is 0 Å². The van der Waals surface area contributed by atoms with E-state index in [1.807, 2.05) is 62.4 Å². The predicted octanol–water partition coefficient (Wildman–Crippen LogP) is 5.55. The van der Waals surface area contributed by atoms with Crippen molar-refractivity contribution in [3.05, 3.63) is 72.8 Å². The molecule has 16 heteroatoms. The van der Waals surface area contributed by atoms with E-state index in [0.29, 0.717) is 36.4 Å². The molecule has 0 spiro atoms. The Morgan fingerprint density at radius 2 is 1.77 bits per heavy atom. The van der Waals surface area contributed by atoms with E-state index in [-0.39, 0.29) is 19.4 Å². The lowest BCUT2D eigenvalue weighted by atomic mass is 9.99. The molecule has 1 saturated heterocycles. The summed E-state index contributed by atoms with van der Waals surface area (Å²) >= 11 is 0. The fourth-order valence-corrected chi connectivity index (χ4v) is 9.45. The summed E-state index contributed by atoms with van der Waals surface area (Å²) in [6.07, 6.45) is 9.16. The first-order chi connectivity index (χ1) is 28.5. The number of cyclic esters (lactones) is 1. The van der Waals surface area contributed by atoms with Gasteiger partial charge in [-0.15, -0.1) is 6.58 Å². The zero-order valence-electron chi connectivity index (χ0n) is 34.8. The second-order valence-corrected chi connectivity index (χ2v) is 19.3. The number of amides is 4. The van der Waals surface area contributed by atoms with Gasteiger partial charge >= 0.3 is 6.09 Å². The Kier molecular flexibility index (Phi) is 12.0. The Labute approximate surface area is 351 Å². The van der Waals surface area contributed by atoms with Gasteiger partial charge in [-0.2, -0.15) is 15.0 Å². The van der Waals surface area contributed by atoms with Gasteiger partial charge in [0, 0.05) is 30.0 Å². The molecular formula is C44H55N7O8S. The topological polar surface area (TPSA) is 191 Å². The van der Waals surface area contributed by atoms with Crippen LogP contribution in [0.4, 0.5) is 4.79 Å². The Bertz CT molecular complexity index is 2280.